The van der Waals surface area contributed by atoms with Crippen molar-refractivity contribution in [1.29, 1.82) is 5.26 Å². The summed E-state index contributed by atoms with van der Waals surface area (Å²) in [6.07, 6.45) is 0.869. The van der Waals surface area contributed by atoms with E-state index in [1.165, 1.54) is 11.1 Å². The van der Waals surface area contributed by atoms with E-state index in [1.807, 2.05) is 26.0 Å². The maximum Gasteiger partial charge on any atom is 0.161 e. The van der Waals surface area contributed by atoms with Gasteiger partial charge in [-0.3, -0.25) is 5.32 Å². The Bertz CT molecular complexity index is 504. The van der Waals surface area contributed by atoms with Crippen LogP contribution in [0.1, 0.15) is 25.0 Å². The van der Waals surface area contributed by atoms with Crippen LogP contribution in [0.2, 0.25) is 0 Å². The first-order chi connectivity index (χ1) is 9.02. The summed E-state index contributed by atoms with van der Waals surface area (Å²) in [4.78, 5) is 0. The summed E-state index contributed by atoms with van der Waals surface area (Å²) < 4.78 is 11.1. The van der Waals surface area contributed by atoms with Crippen molar-refractivity contribution in [3.8, 4) is 17.6 Å². The van der Waals surface area contributed by atoms with Crippen molar-refractivity contribution < 1.29 is 9.47 Å². The van der Waals surface area contributed by atoms with Crippen LogP contribution >= 0.6 is 0 Å². The molecule has 0 saturated heterocycles. The zero-order valence-electron chi connectivity index (χ0n) is 11.7. The molecular weight excluding hydrogens is 240 g/mol. The highest BCUT2D eigenvalue weighted by molar-refractivity contribution is 5.47. The molecule has 0 aromatic heterocycles. The van der Waals surface area contributed by atoms with E-state index in [-0.39, 0.29) is 0 Å². The van der Waals surface area contributed by atoms with Crippen LogP contribution < -0.4 is 14.8 Å². The monoisotopic (exact) mass is 260 g/mol. The normalized spacial score (nSPS) is 14.0. The fraction of sp³-hybridized carbons (Fsp3) is 0.533. The van der Waals surface area contributed by atoms with Crippen LogP contribution in [-0.4, -0.2) is 25.3 Å². The number of nitrogens with zero attached hydrogens (tertiary/aromatic N) is 1. The lowest BCUT2D eigenvalue weighted by atomic mass is 10.0. The van der Waals surface area contributed by atoms with Gasteiger partial charge in [0.15, 0.2) is 11.5 Å². The minimum Gasteiger partial charge on any atom is -0.486 e. The van der Waals surface area contributed by atoms with Crippen LogP contribution in [0.3, 0.4) is 0 Å². The molecular formula is C15H20N2O2. The summed E-state index contributed by atoms with van der Waals surface area (Å²) in [7, 11) is 0. The Balaban J connectivity index is 2.03. The molecule has 0 amide bonds. The molecule has 0 unspecified atom stereocenters. The zero-order chi connectivity index (χ0) is 13.9. The lowest BCUT2D eigenvalue weighted by Crippen LogP contribution is -2.38. The molecule has 102 valence electrons. The summed E-state index contributed by atoms with van der Waals surface area (Å²) in [6.45, 7) is 7.82. The van der Waals surface area contributed by atoms with Gasteiger partial charge < -0.3 is 9.47 Å². The molecule has 0 radical (unpaired) electrons. The van der Waals surface area contributed by atoms with E-state index < -0.39 is 5.54 Å². The molecule has 0 aliphatic carbocycles. The molecule has 19 heavy (non-hydrogen) atoms. The van der Waals surface area contributed by atoms with E-state index in [1.54, 1.807) is 0 Å². The first-order valence-electron chi connectivity index (χ1n) is 6.57. The van der Waals surface area contributed by atoms with E-state index in [0.717, 1.165) is 24.5 Å². The van der Waals surface area contributed by atoms with E-state index >= 15 is 0 Å². The molecule has 4 heteroatoms. The number of rotatable bonds is 4. The highest BCUT2D eigenvalue weighted by Crippen LogP contribution is 2.33. The van der Waals surface area contributed by atoms with Crippen molar-refractivity contribution in [1.82, 2.24) is 5.32 Å². The molecule has 0 fully saturated rings. The van der Waals surface area contributed by atoms with Gasteiger partial charge in [-0.2, -0.15) is 5.26 Å². The predicted molar refractivity (Wildman–Crippen MR) is 73.6 cm³/mol. The SMILES string of the molecule is Cc1cc2c(cc1CCNC(C)(C)C#N)OCCO2. The van der Waals surface area contributed by atoms with E-state index in [0.29, 0.717) is 13.2 Å². The Kier molecular flexibility index (Phi) is 3.96. The maximum absolute atomic E-state index is 8.95. The number of hydrogen-bond acceptors (Lipinski definition) is 4. The first kappa shape index (κ1) is 13.7. The van der Waals surface area contributed by atoms with Gasteiger partial charge in [0.05, 0.1) is 6.07 Å². The van der Waals surface area contributed by atoms with Gasteiger partial charge in [0.25, 0.3) is 0 Å². The Morgan fingerprint density at radius 1 is 1.26 bits per heavy atom. The molecule has 0 spiro atoms. The van der Waals surface area contributed by atoms with Crippen molar-refractivity contribution in [3.63, 3.8) is 0 Å². The van der Waals surface area contributed by atoms with E-state index in [4.69, 9.17) is 14.7 Å². The molecule has 1 N–H and O–H groups in total. The van der Waals surface area contributed by atoms with Gasteiger partial charge in [-0.15, -0.1) is 0 Å². The van der Waals surface area contributed by atoms with Gasteiger partial charge in [-0.05, 0) is 50.5 Å². The number of nitrogens with one attached hydrogen (secondary N) is 1. The molecule has 0 bridgehead atoms. The minimum atomic E-state index is -0.484. The van der Waals surface area contributed by atoms with Crippen LogP contribution in [0.15, 0.2) is 12.1 Å². The van der Waals surface area contributed by atoms with Crippen LogP contribution in [0.4, 0.5) is 0 Å². The lowest BCUT2D eigenvalue weighted by Gasteiger charge is -2.21. The van der Waals surface area contributed by atoms with Gasteiger partial charge in [-0.1, -0.05) is 0 Å². The molecule has 1 heterocycles. The van der Waals surface area contributed by atoms with Crippen molar-refractivity contribution in [3.05, 3.63) is 23.3 Å². The Labute approximate surface area is 114 Å². The molecule has 1 aromatic rings. The summed E-state index contributed by atoms with van der Waals surface area (Å²) in [6, 6.07) is 6.31. The molecule has 1 aromatic carbocycles. The Morgan fingerprint density at radius 2 is 1.89 bits per heavy atom. The molecule has 2 rings (SSSR count). The zero-order valence-corrected chi connectivity index (χ0v) is 11.7. The topological polar surface area (TPSA) is 54.3 Å². The van der Waals surface area contributed by atoms with Crippen molar-refractivity contribution in [2.75, 3.05) is 19.8 Å². The second-order valence-corrected chi connectivity index (χ2v) is 5.34. The summed E-state index contributed by atoms with van der Waals surface area (Å²) >= 11 is 0. The first-order valence-corrected chi connectivity index (χ1v) is 6.57. The van der Waals surface area contributed by atoms with Gasteiger partial charge >= 0.3 is 0 Å². The number of ether oxygens (including phenoxy) is 2. The summed E-state index contributed by atoms with van der Waals surface area (Å²) in [5, 5.41) is 12.2. The third-order valence-electron chi connectivity index (χ3n) is 3.24. The number of nitriles is 1. The molecule has 1 aliphatic heterocycles. The van der Waals surface area contributed by atoms with Crippen molar-refractivity contribution in [2.45, 2.75) is 32.7 Å². The van der Waals surface area contributed by atoms with Gasteiger partial charge in [0, 0.05) is 6.54 Å². The fourth-order valence-electron chi connectivity index (χ4n) is 2.05. The number of benzene rings is 1. The largest absolute Gasteiger partial charge is 0.486 e. The molecule has 0 atom stereocenters. The quantitative estimate of drug-likeness (QED) is 0.901. The fourth-order valence-corrected chi connectivity index (χ4v) is 2.05. The summed E-state index contributed by atoms with van der Waals surface area (Å²) in [5.74, 6) is 1.66. The van der Waals surface area contributed by atoms with Gasteiger partial charge in [0.2, 0.25) is 0 Å². The van der Waals surface area contributed by atoms with Gasteiger partial charge in [-0.25, -0.2) is 0 Å². The second-order valence-electron chi connectivity index (χ2n) is 5.34. The Hall–Kier alpha value is -1.73. The third kappa shape index (κ3) is 3.39. The highest BCUT2D eigenvalue weighted by atomic mass is 16.6. The molecule has 4 nitrogen and oxygen atoms in total. The molecule has 0 saturated carbocycles. The van der Waals surface area contributed by atoms with E-state index in [2.05, 4.69) is 18.3 Å². The number of hydrogen-bond donors (Lipinski definition) is 1. The smallest absolute Gasteiger partial charge is 0.161 e. The number of aryl methyl sites for hydroxylation is 1. The average molecular weight is 260 g/mol. The van der Waals surface area contributed by atoms with Crippen LogP contribution in [0, 0.1) is 18.3 Å². The van der Waals surface area contributed by atoms with Crippen LogP contribution in [0.5, 0.6) is 11.5 Å². The molecule has 1 aliphatic rings. The maximum atomic E-state index is 8.95. The van der Waals surface area contributed by atoms with Crippen LogP contribution in [0.25, 0.3) is 0 Å². The van der Waals surface area contributed by atoms with Gasteiger partial charge in [0.1, 0.15) is 18.8 Å². The van der Waals surface area contributed by atoms with Crippen molar-refractivity contribution >= 4 is 0 Å². The van der Waals surface area contributed by atoms with Crippen molar-refractivity contribution in [2.24, 2.45) is 0 Å². The Morgan fingerprint density at radius 3 is 2.53 bits per heavy atom. The second kappa shape index (κ2) is 5.50. The lowest BCUT2D eigenvalue weighted by molar-refractivity contribution is 0.171. The van der Waals surface area contributed by atoms with E-state index in [9.17, 15) is 0 Å². The standard InChI is InChI=1S/C15H20N2O2/c1-11-8-13-14(19-7-6-18-13)9-12(11)4-5-17-15(2,3)10-16/h8-9,17H,4-7H2,1-3H3. The average Bonchev–Trinajstić information content (AvgIpc) is 2.39. The number of fused-ring (bicyclic) bond motifs is 1. The third-order valence-corrected chi connectivity index (χ3v) is 3.24. The predicted octanol–water partition coefficient (Wildman–Crippen LogP) is 2.20. The summed E-state index contributed by atoms with van der Waals surface area (Å²) in [5.41, 5.74) is 1.94. The van der Waals surface area contributed by atoms with Crippen LogP contribution in [-0.2, 0) is 6.42 Å². The minimum absolute atomic E-state index is 0.484. The highest BCUT2D eigenvalue weighted by Gasteiger charge is 2.16.